The van der Waals surface area contributed by atoms with Gasteiger partial charge < -0.3 is 10.1 Å². The number of carbonyl (C=O) groups excluding carboxylic acids is 1. The average molecular weight is 465 g/mol. The van der Waals surface area contributed by atoms with E-state index in [-0.39, 0.29) is 18.7 Å². The second-order valence-electron chi connectivity index (χ2n) is 5.51. The van der Waals surface area contributed by atoms with E-state index >= 15 is 0 Å². The fourth-order valence-corrected chi connectivity index (χ4v) is 3.82. The highest BCUT2D eigenvalue weighted by molar-refractivity contribution is 9.10. The van der Waals surface area contributed by atoms with Crippen LogP contribution in [-0.4, -0.2) is 29.9 Å². The summed E-state index contributed by atoms with van der Waals surface area (Å²) in [6, 6.07) is 3.34. The Morgan fingerprint density at radius 2 is 2.36 bits per heavy atom. The monoisotopic (exact) mass is 464 g/mol. The van der Waals surface area contributed by atoms with Crippen molar-refractivity contribution in [2.24, 2.45) is 10.1 Å². The second-order valence-corrected chi connectivity index (χ2v) is 7.26. The van der Waals surface area contributed by atoms with E-state index in [1.54, 1.807) is 24.6 Å². The summed E-state index contributed by atoms with van der Waals surface area (Å²) in [6.45, 7) is 1.75. The summed E-state index contributed by atoms with van der Waals surface area (Å²) >= 11 is 4.70. The van der Waals surface area contributed by atoms with Gasteiger partial charge in [0, 0.05) is 26.7 Å². The van der Waals surface area contributed by atoms with E-state index in [1.807, 2.05) is 0 Å². The molecule has 0 spiro atoms. The molecule has 1 aliphatic heterocycles. The Hall–Kier alpha value is -2.75. The van der Waals surface area contributed by atoms with Gasteiger partial charge in [-0.05, 0) is 30.2 Å². The van der Waals surface area contributed by atoms with Gasteiger partial charge >= 0.3 is 5.97 Å². The van der Waals surface area contributed by atoms with Crippen LogP contribution in [0, 0.1) is 5.82 Å². The standard InChI is InChI=1S/C17H14BrFN6O2S/c1-2-27-17(26)13-12(8-22-25-20)23-15(16-21-5-6-28-16)24-14(13)10-4-3-9(19)7-11(10)18/h3-7,14H,2,8H2,1H3,(H,23,24). The van der Waals surface area contributed by atoms with E-state index in [0.717, 1.165) is 0 Å². The molecule has 1 aromatic carbocycles. The summed E-state index contributed by atoms with van der Waals surface area (Å²) in [7, 11) is 0. The molecule has 1 N–H and O–H groups in total. The Morgan fingerprint density at radius 3 is 3.00 bits per heavy atom. The van der Waals surface area contributed by atoms with E-state index in [0.29, 0.717) is 26.6 Å². The van der Waals surface area contributed by atoms with Crippen LogP contribution in [0.5, 0.6) is 0 Å². The van der Waals surface area contributed by atoms with Crippen LogP contribution in [-0.2, 0) is 9.53 Å². The number of rotatable bonds is 6. The number of thiazole rings is 1. The Labute approximate surface area is 171 Å². The zero-order valence-electron chi connectivity index (χ0n) is 14.6. The molecule has 28 heavy (non-hydrogen) atoms. The summed E-state index contributed by atoms with van der Waals surface area (Å²) in [5.41, 5.74) is 9.86. The summed E-state index contributed by atoms with van der Waals surface area (Å²) in [5, 5.41) is 9.00. The molecule has 1 atom stereocenters. The highest BCUT2D eigenvalue weighted by atomic mass is 79.9. The zero-order chi connectivity index (χ0) is 20.1. The van der Waals surface area contributed by atoms with Gasteiger partial charge in [0.05, 0.1) is 18.7 Å². The van der Waals surface area contributed by atoms with Crippen LogP contribution in [0.25, 0.3) is 10.4 Å². The van der Waals surface area contributed by atoms with Crippen molar-refractivity contribution in [2.45, 2.75) is 13.0 Å². The van der Waals surface area contributed by atoms with Gasteiger partial charge in [-0.2, -0.15) is 0 Å². The minimum Gasteiger partial charge on any atom is -0.463 e. The molecule has 0 amide bonds. The Morgan fingerprint density at radius 1 is 1.54 bits per heavy atom. The number of esters is 1. The number of aromatic nitrogens is 1. The maximum absolute atomic E-state index is 13.6. The van der Waals surface area contributed by atoms with Crippen molar-refractivity contribution in [3.63, 3.8) is 0 Å². The second kappa shape index (κ2) is 8.96. The van der Waals surface area contributed by atoms with Gasteiger partial charge in [-0.25, -0.2) is 14.2 Å². The highest BCUT2D eigenvalue weighted by Gasteiger charge is 2.33. The van der Waals surface area contributed by atoms with E-state index in [4.69, 9.17) is 10.3 Å². The van der Waals surface area contributed by atoms with Gasteiger partial charge in [-0.3, -0.25) is 4.99 Å². The van der Waals surface area contributed by atoms with E-state index in [1.165, 1.54) is 23.5 Å². The molecule has 0 radical (unpaired) electrons. The molecule has 0 saturated carbocycles. The number of hydrogen-bond donors (Lipinski definition) is 1. The predicted octanol–water partition coefficient (Wildman–Crippen LogP) is 4.26. The normalized spacial score (nSPS) is 16.1. The lowest BCUT2D eigenvalue weighted by Crippen LogP contribution is -2.35. The quantitative estimate of drug-likeness (QED) is 0.297. The van der Waals surface area contributed by atoms with Crippen LogP contribution in [0.3, 0.4) is 0 Å². The number of amidine groups is 1. The predicted molar refractivity (Wildman–Crippen MR) is 106 cm³/mol. The molecular formula is C17H14BrFN6O2S. The van der Waals surface area contributed by atoms with Crippen LogP contribution < -0.4 is 5.32 Å². The van der Waals surface area contributed by atoms with Gasteiger partial charge in [-0.15, -0.1) is 11.3 Å². The molecule has 8 nitrogen and oxygen atoms in total. The third kappa shape index (κ3) is 4.22. The third-order valence-corrected chi connectivity index (χ3v) is 5.27. The minimum absolute atomic E-state index is 0.107. The first-order chi connectivity index (χ1) is 13.5. The first-order valence-electron chi connectivity index (χ1n) is 8.15. The fourth-order valence-electron chi connectivity index (χ4n) is 2.67. The largest absolute Gasteiger partial charge is 0.463 e. The topological polar surface area (TPSA) is 112 Å². The Kier molecular flexibility index (Phi) is 6.40. The molecule has 0 aliphatic carbocycles. The minimum atomic E-state index is -0.793. The molecule has 3 rings (SSSR count). The molecular weight excluding hydrogens is 451 g/mol. The van der Waals surface area contributed by atoms with Gasteiger partial charge in [0.25, 0.3) is 0 Å². The fraction of sp³-hybridized carbons (Fsp3) is 0.235. The van der Waals surface area contributed by atoms with Crippen LogP contribution in [0.4, 0.5) is 4.39 Å². The smallest absolute Gasteiger partial charge is 0.338 e. The van der Waals surface area contributed by atoms with Crippen LogP contribution in [0.1, 0.15) is 23.5 Å². The summed E-state index contributed by atoms with van der Waals surface area (Å²) < 4.78 is 19.2. The molecule has 0 bridgehead atoms. The maximum Gasteiger partial charge on any atom is 0.338 e. The highest BCUT2D eigenvalue weighted by Crippen LogP contribution is 2.36. The first kappa shape index (κ1) is 20.0. The summed E-state index contributed by atoms with van der Waals surface area (Å²) in [5.74, 6) is -0.599. The lowest BCUT2D eigenvalue weighted by atomic mass is 9.95. The van der Waals surface area contributed by atoms with E-state index in [9.17, 15) is 9.18 Å². The third-order valence-electron chi connectivity index (χ3n) is 3.81. The molecule has 1 unspecified atom stereocenters. The molecule has 1 aliphatic rings. The zero-order valence-corrected chi connectivity index (χ0v) is 17.0. The molecule has 2 heterocycles. The molecule has 144 valence electrons. The number of carbonyl (C=O) groups is 1. The van der Waals surface area contributed by atoms with Crippen molar-refractivity contribution in [1.29, 1.82) is 0 Å². The van der Waals surface area contributed by atoms with Crippen molar-refractivity contribution in [2.75, 3.05) is 13.2 Å². The van der Waals surface area contributed by atoms with Crippen molar-refractivity contribution < 1.29 is 13.9 Å². The summed E-state index contributed by atoms with van der Waals surface area (Å²) in [6.07, 6.45) is 1.63. The van der Waals surface area contributed by atoms with Crippen molar-refractivity contribution in [3.8, 4) is 0 Å². The van der Waals surface area contributed by atoms with Gasteiger partial charge in [0.2, 0.25) is 0 Å². The SMILES string of the molecule is CCOC(=O)C1=C(CN=[N+]=[N-])NC(c2nccs2)=NC1c1ccc(F)cc1Br. The number of nitrogens with one attached hydrogen (secondary N) is 1. The number of hydrogen-bond acceptors (Lipinski definition) is 7. The van der Waals surface area contributed by atoms with Gasteiger partial charge in [0.1, 0.15) is 11.9 Å². The van der Waals surface area contributed by atoms with Crippen molar-refractivity contribution >= 4 is 39.1 Å². The molecule has 2 aromatic rings. The number of azide groups is 1. The lowest BCUT2D eigenvalue weighted by molar-refractivity contribution is -0.138. The number of halogens is 2. The number of ether oxygens (including phenoxy) is 1. The number of benzene rings is 1. The molecule has 0 saturated heterocycles. The lowest BCUT2D eigenvalue weighted by Gasteiger charge is -2.27. The summed E-state index contributed by atoms with van der Waals surface area (Å²) in [4.78, 5) is 24.3. The molecule has 0 fully saturated rings. The molecule has 11 heteroatoms. The average Bonchev–Trinajstić information content (AvgIpc) is 3.20. The van der Waals surface area contributed by atoms with E-state index < -0.39 is 17.8 Å². The maximum atomic E-state index is 13.6. The van der Waals surface area contributed by atoms with Crippen LogP contribution in [0.2, 0.25) is 0 Å². The number of aliphatic imine (C=N–C) groups is 1. The Balaban J connectivity index is 2.18. The van der Waals surface area contributed by atoms with Crippen LogP contribution >= 0.6 is 27.3 Å². The molecule has 1 aromatic heterocycles. The van der Waals surface area contributed by atoms with Crippen LogP contribution in [0.15, 0.2) is 55.6 Å². The van der Waals surface area contributed by atoms with Gasteiger partial charge in [0.15, 0.2) is 10.8 Å². The number of nitrogens with zero attached hydrogens (tertiary/aromatic N) is 5. The van der Waals surface area contributed by atoms with Crippen molar-refractivity contribution in [3.05, 3.63) is 72.4 Å². The van der Waals surface area contributed by atoms with Crippen molar-refractivity contribution in [1.82, 2.24) is 10.3 Å². The Bertz CT molecular complexity index is 1000. The van der Waals surface area contributed by atoms with E-state index in [2.05, 4.69) is 41.2 Å². The first-order valence-corrected chi connectivity index (χ1v) is 9.83. The van der Waals surface area contributed by atoms with Gasteiger partial charge in [-0.1, -0.05) is 27.1 Å².